The lowest BCUT2D eigenvalue weighted by Gasteiger charge is -2.47. The number of rotatable bonds is 20. The molecule has 0 aliphatic heterocycles. The Morgan fingerprint density at radius 3 is 2.00 bits per heavy atom. The van der Waals surface area contributed by atoms with E-state index in [4.69, 9.17) is 7.85 Å². The molecule has 0 heterocycles. The highest BCUT2D eigenvalue weighted by Gasteiger charge is 2.42. The second kappa shape index (κ2) is 17.4. The summed E-state index contributed by atoms with van der Waals surface area (Å²) < 4.78 is 0.126. The van der Waals surface area contributed by atoms with Crippen molar-refractivity contribution in [2.45, 2.75) is 101 Å². The van der Waals surface area contributed by atoms with Gasteiger partial charge >= 0.3 is 0 Å². The molecule has 2 N–H and O–H groups in total. The van der Waals surface area contributed by atoms with E-state index in [1.165, 1.54) is 32.1 Å². The third-order valence-electron chi connectivity index (χ3n) is 5.89. The lowest BCUT2D eigenvalue weighted by atomic mass is 9.65. The van der Waals surface area contributed by atoms with Crippen molar-refractivity contribution in [3.05, 3.63) is 37.7 Å². The molecule has 2 nitrogen and oxygen atoms in total. The average molecular weight is 483 g/mol. The molecular weight excluding hydrogens is 435 g/mol. The van der Waals surface area contributed by atoms with Gasteiger partial charge in [0.05, 0.1) is 19.9 Å². The van der Waals surface area contributed by atoms with E-state index in [-0.39, 0.29) is 27.4 Å². The van der Waals surface area contributed by atoms with Crippen molar-refractivity contribution in [3.8, 4) is 0 Å². The molecule has 0 aromatic carbocycles. The molecule has 0 aromatic heterocycles. The number of nitrogens with one attached hydrogen (secondary N) is 2. The Morgan fingerprint density at radius 2 is 1.55 bits per heavy atom. The van der Waals surface area contributed by atoms with Crippen molar-refractivity contribution in [2.75, 3.05) is 17.3 Å². The van der Waals surface area contributed by atoms with Gasteiger partial charge in [0.25, 0.3) is 0 Å². The largest absolute Gasteiger partial charge is 0.384 e. The minimum atomic E-state index is 0.0256. The number of thioether (sulfide) groups is 2. The third kappa shape index (κ3) is 11.6. The van der Waals surface area contributed by atoms with Crippen molar-refractivity contribution in [1.29, 1.82) is 0 Å². The zero-order chi connectivity index (χ0) is 23.8. The summed E-state index contributed by atoms with van der Waals surface area (Å²) >= 11 is 8.40. The van der Waals surface area contributed by atoms with Gasteiger partial charge in [-0.3, -0.25) is 0 Å². The second-order valence-corrected chi connectivity index (χ2v) is 12.3. The van der Waals surface area contributed by atoms with E-state index < -0.39 is 0 Å². The monoisotopic (exact) mass is 482 g/mol. The fourth-order valence-electron chi connectivity index (χ4n) is 3.75. The molecular formula is C25H47BN2S3. The van der Waals surface area contributed by atoms with Crippen LogP contribution in [0.1, 0.15) is 73.1 Å². The lowest BCUT2D eigenvalue weighted by Crippen LogP contribution is -2.42. The summed E-state index contributed by atoms with van der Waals surface area (Å²) in [6.07, 6.45) is 15.0. The summed E-state index contributed by atoms with van der Waals surface area (Å²) in [7, 11) is 7.10. The Bertz CT molecular complexity index is 517. The quantitative estimate of drug-likeness (QED) is 0.0986. The predicted molar refractivity (Wildman–Crippen MR) is 153 cm³/mol. The Balaban J connectivity index is 5.45. The SMILES string of the molecule is [B]C(C(C)(CCCC)SCC)C(C)(CCCC)SCC(C=CNC(C=C)CS)NC=C. The maximum atomic E-state index is 7.10. The summed E-state index contributed by atoms with van der Waals surface area (Å²) in [6.45, 7) is 19.3. The first-order valence-electron chi connectivity index (χ1n) is 11.8. The van der Waals surface area contributed by atoms with Gasteiger partial charge < -0.3 is 10.6 Å². The molecule has 0 rings (SSSR count). The molecule has 0 aliphatic carbocycles. The summed E-state index contributed by atoms with van der Waals surface area (Å²) in [5, 5.41) is 6.72. The van der Waals surface area contributed by atoms with Gasteiger partial charge in [0, 0.05) is 21.0 Å². The van der Waals surface area contributed by atoms with Crippen LogP contribution in [-0.2, 0) is 0 Å². The molecule has 0 saturated carbocycles. The first-order valence-corrected chi connectivity index (χ1v) is 14.4. The van der Waals surface area contributed by atoms with Gasteiger partial charge in [-0.1, -0.05) is 73.0 Å². The normalized spacial score (nSPS) is 18.5. The van der Waals surface area contributed by atoms with Crippen LogP contribution in [0.4, 0.5) is 0 Å². The summed E-state index contributed by atoms with van der Waals surface area (Å²) in [5.74, 6) is 2.90. The first-order chi connectivity index (χ1) is 14.8. The van der Waals surface area contributed by atoms with E-state index in [1.807, 2.05) is 35.8 Å². The van der Waals surface area contributed by atoms with E-state index in [1.54, 1.807) is 6.20 Å². The van der Waals surface area contributed by atoms with Crippen LogP contribution in [0.25, 0.3) is 0 Å². The minimum absolute atomic E-state index is 0.0256. The highest BCUT2D eigenvalue weighted by atomic mass is 32.2. The van der Waals surface area contributed by atoms with Gasteiger partial charge in [0.15, 0.2) is 0 Å². The highest BCUT2D eigenvalue weighted by molar-refractivity contribution is 8.01. The molecule has 0 fully saturated rings. The van der Waals surface area contributed by atoms with Crippen LogP contribution in [0.3, 0.4) is 0 Å². The Hall–Kier alpha value is -0.0651. The molecule has 0 bridgehead atoms. The Kier molecular flexibility index (Phi) is 17.4. The smallest absolute Gasteiger partial charge is 0.0737 e. The highest BCUT2D eigenvalue weighted by Crippen LogP contribution is 2.52. The van der Waals surface area contributed by atoms with Crippen molar-refractivity contribution in [2.24, 2.45) is 0 Å². The summed E-state index contributed by atoms with van der Waals surface area (Å²) in [4.78, 5) is 0. The molecule has 0 aromatic rings. The molecule has 0 spiro atoms. The number of unbranched alkanes of at least 4 members (excludes halogenated alkanes) is 2. The van der Waals surface area contributed by atoms with E-state index in [9.17, 15) is 0 Å². The predicted octanol–water partition coefficient (Wildman–Crippen LogP) is 7.02. The van der Waals surface area contributed by atoms with Crippen LogP contribution in [0.15, 0.2) is 37.7 Å². The second-order valence-electron chi connectivity index (χ2n) is 8.58. The fourth-order valence-corrected chi connectivity index (χ4v) is 6.96. The van der Waals surface area contributed by atoms with Crippen LogP contribution in [0.5, 0.6) is 0 Å². The molecule has 31 heavy (non-hydrogen) atoms. The number of thiol groups is 1. The Morgan fingerprint density at radius 1 is 0.968 bits per heavy atom. The molecule has 5 unspecified atom stereocenters. The van der Waals surface area contributed by atoms with Crippen molar-refractivity contribution in [3.63, 3.8) is 0 Å². The molecule has 2 radical (unpaired) electrons. The molecule has 0 amide bonds. The minimum Gasteiger partial charge on any atom is -0.384 e. The van der Waals surface area contributed by atoms with Crippen molar-refractivity contribution in [1.82, 2.24) is 10.6 Å². The van der Waals surface area contributed by atoms with Crippen LogP contribution in [0.2, 0.25) is 5.82 Å². The first kappa shape index (κ1) is 30.9. The van der Waals surface area contributed by atoms with Gasteiger partial charge in [0.2, 0.25) is 0 Å². The van der Waals surface area contributed by atoms with Gasteiger partial charge in [0.1, 0.15) is 0 Å². The molecule has 6 heteroatoms. The van der Waals surface area contributed by atoms with E-state index in [2.05, 4.69) is 77.1 Å². The number of hydrogen-bond acceptors (Lipinski definition) is 5. The fraction of sp³-hybridized carbons (Fsp3) is 0.760. The Labute approximate surface area is 209 Å². The van der Waals surface area contributed by atoms with Gasteiger partial charge in [-0.15, -0.1) is 6.58 Å². The van der Waals surface area contributed by atoms with Crippen molar-refractivity contribution >= 4 is 44.0 Å². The van der Waals surface area contributed by atoms with Gasteiger partial charge in [-0.25, -0.2) is 0 Å². The lowest BCUT2D eigenvalue weighted by molar-refractivity contribution is 0.423. The zero-order valence-electron chi connectivity index (χ0n) is 20.7. The average Bonchev–Trinajstić information content (AvgIpc) is 2.77. The molecule has 178 valence electrons. The van der Waals surface area contributed by atoms with Crippen molar-refractivity contribution < 1.29 is 0 Å². The van der Waals surface area contributed by atoms with E-state index in [0.717, 1.165) is 23.7 Å². The van der Waals surface area contributed by atoms with Crippen LogP contribution >= 0.6 is 36.2 Å². The maximum absolute atomic E-state index is 7.10. The summed E-state index contributed by atoms with van der Waals surface area (Å²) in [6, 6.07) is 0.361. The topological polar surface area (TPSA) is 24.1 Å². The molecule has 5 atom stereocenters. The van der Waals surface area contributed by atoms with Gasteiger partial charge in [-0.2, -0.15) is 36.2 Å². The zero-order valence-corrected chi connectivity index (χ0v) is 23.2. The standard InChI is InChI=1S/C25H47BN2S3/c1-8-13-16-24(6,30-12-5)23(26)25(7,17-14-9-2)31-20-22(27-11-4)15-18-28-21(10-3)19-29/h10-11,15,18,21-23,27-29H,3-4,8-9,12-14,16-17,19-20H2,1-2,5-7H3. The van der Waals surface area contributed by atoms with Crippen LogP contribution in [-0.4, -0.2) is 46.7 Å². The summed E-state index contributed by atoms with van der Waals surface area (Å²) in [5.41, 5.74) is 0. The van der Waals surface area contributed by atoms with Crippen LogP contribution < -0.4 is 10.6 Å². The number of hydrogen-bond donors (Lipinski definition) is 3. The maximum Gasteiger partial charge on any atom is 0.0737 e. The van der Waals surface area contributed by atoms with E-state index >= 15 is 0 Å². The molecule has 0 aliphatic rings. The molecule has 0 saturated heterocycles. The third-order valence-corrected chi connectivity index (χ3v) is 9.33. The van der Waals surface area contributed by atoms with Crippen LogP contribution in [0, 0.1) is 0 Å². The van der Waals surface area contributed by atoms with Gasteiger partial charge in [-0.05, 0) is 42.9 Å². The van der Waals surface area contributed by atoms with E-state index in [0.29, 0.717) is 0 Å².